The second-order valence-electron chi connectivity index (χ2n) is 5.11. The molecule has 2 atom stereocenters. The first-order chi connectivity index (χ1) is 10.4. The molecule has 2 heterocycles. The van der Waals surface area contributed by atoms with Gasteiger partial charge in [-0.05, 0) is 0 Å². The Morgan fingerprint density at radius 3 is 2.29 bits per heavy atom. The molecule has 2 unspecified atom stereocenters. The molecule has 0 fully saturated rings. The first-order valence-corrected chi connectivity index (χ1v) is 9.73. The maximum atomic E-state index is 4.39. The van der Waals surface area contributed by atoms with Crippen LogP contribution in [0.4, 0.5) is 0 Å². The van der Waals surface area contributed by atoms with Crippen molar-refractivity contribution in [3.63, 3.8) is 0 Å². The summed E-state index contributed by atoms with van der Waals surface area (Å²) in [6, 6.07) is 21.7. The Balaban J connectivity index is 1.74. The van der Waals surface area contributed by atoms with Gasteiger partial charge < -0.3 is 0 Å². The number of fused-ring (bicyclic) bond motifs is 1. The molecule has 4 heteroatoms. The van der Waals surface area contributed by atoms with E-state index in [1.54, 1.807) is 11.5 Å². The van der Waals surface area contributed by atoms with Gasteiger partial charge in [0.05, 0.1) is 0 Å². The molecule has 0 aliphatic carbocycles. The SMILES string of the molecule is c1ccc(C2Cc3nnsc3C(c3ccccc3)[Se]2)cc1. The zero-order valence-corrected chi connectivity index (χ0v) is 13.9. The van der Waals surface area contributed by atoms with E-state index in [2.05, 4.69) is 70.3 Å². The fourth-order valence-electron chi connectivity index (χ4n) is 2.73. The standard InChI is InChI=1S/C17H14N2SSe/c1-3-7-12(8-4-1)15-11-14-16(20-19-18-14)17(21-15)13-9-5-2-6-10-13/h1-10,15,17H,11H2. The van der Waals surface area contributed by atoms with Crippen molar-refractivity contribution in [3.05, 3.63) is 82.4 Å². The summed E-state index contributed by atoms with van der Waals surface area (Å²) in [7, 11) is 0. The van der Waals surface area contributed by atoms with Crippen LogP contribution in [0.2, 0.25) is 0 Å². The third-order valence-electron chi connectivity index (χ3n) is 3.78. The van der Waals surface area contributed by atoms with Crippen molar-refractivity contribution in [2.24, 2.45) is 0 Å². The molecule has 0 amide bonds. The van der Waals surface area contributed by atoms with Gasteiger partial charge >= 0.3 is 134 Å². The van der Waals surface area contributed by atoms with E-state index in [1.807, 2.05) is 0 Å². The summed E-state index contributed by atoms with van der Waals surface area (Å²) in [6.45, 7) is 0. The average Bonchev–Trinajstić information content (AvgIpc) is 3.04. The number of hydrogen-bond donors (Lipinski definition) is 0. The Hall–Kier alpha value is -1.48. The van der Waals surface area contributed by atoms with Crippen molar-refractivity contribution < 1.29 is 0 Å². The van der Waals surface area contributed by atoms with E-state index in [1.165, 1.54) is 21.7 Å². The predicted octanol–water partition coefficient (Wildman–Crippen LogP) is 3.63. The molecule has 21 heavy (non-hydrogen) atoms. The Morgan fingerprint density at radius 1 is 0.905 bits per heavy atom. The first-order valence-electron chi connectivity index (χ1n) is 6.98. The normalized spacial score (nSPS) is 21.0. The molecule has 1 aliphatic rings. The van der Waals surface area contributed by atoms with Gasteiger partial charge in [0.15, 0.2) is 0 Å². The van der Waals surface area contributed by atoms with Crippen LogP contribution in [0, 0.1) is 0 Å². The molecular formula is C17H14N2SSe. The number of nitrogens with zero attached hydrogens (tertiary/aromatic N) is 2. The van der Waals surface area contributed by atoms with E-state index in [-0.39, 0.29) is 0 Å². The summed E-state index contributed by atoms with van der Waals surface area (Å²) in [5, 5.41) is 4.39. The van der Waals surface area contributed by atoms with Crippen molar-refractivity contribution in [1.29, 1.82) is 0 Å². The molecule has 0 radical (unpaired) electrons. The average molecular weight is 357 g/mol. The quantitative estimate of drug-likeness (QED) is 0.655. The minimum absolute atomic E-state index is 0.490. The van der Waals surface area contributed by atoms with Crippen LogP contribution in [-0.4, -0.2) is 24.5 Å². The molecule has 1 aromatic heterocycles. The third kappa shape index (κ3) is 2.55. The summed E-state index contributed by atoms with van der Waals surface area (Å²) in [5.74, 6) is 0. The van der Waals surface area contributed by atoms with Gasteiger partial charge in [-0.3, -0.25) is 0 Å². The van der Waals surface area contributed by atoms with E-state index in [4.69, 9.17) is 0 Å². The second kappa shape index (κ2) is 5.72. The van der Waals surface area contributed by atoms with Gasteiger partial charge in [0.1, 0.15) is 0 Å². The van der Waals surface area contributed by atoms with Crippen LogP contribution in [0.5, 0.6) is 0 Å². The molecule has 0 spiro atoms. The number of aromatic nitrogens is 2. The molecule has 0 bridgehead atoms. The van der Waals surface area contributed by atoms with E-state index in [9.17, 15) is 0 Å². The topological polar surface area (TPSA) is 25.8 Å². The molecule has 3 aromatic rings. The monoisotopic (exact) mass is 358 g/mol. The van der Waals surface area contributed by atoms with E-state index in [0.29, 0.717) is 24.6 Å². The van der Waals surface area contributed by atoms with E-state index in [0.717, 1.165) is 6.42 Å². The molecular weight excluding hydrogens is 343 g/mol. The number of hydrogen-bond acceptors (Lipinski definition) is 3. The maximum absolute atomic E-state index is 4.39. The summed E-state index contributed by atoms with van der Waals surface area (Å²) in [5.41, 5.74) is 4.05. The molecule has 2 nitrogen and oxygen atoms in total. The molecule has 0 saturated heterocycles. The summed E-state index contributed by atoms with van der Waals surface area (Å²) in [4.78, 5) is 2.47. The van der Waals surface area contributed by atoms with Gasteiger partial charge in [-0.1, -0.05) is 0 Å². The Kier molecular flexibility index (Phi) is 3.60. The molecule has 0 N–H and O–H groups in total. The summed E-state index contributed by atoms with van der Waals surface area (Å²) in [6.07, 6.45) is 1.04. The van der Waals surface area contributed by atoms with Gasteiger partial charge in [0.2, 0.25) is 0 Å². The first kappa shape index (κ1) is 13.2. The van der Waals surface area contributed by atoms with E-state index < -0.39 is 0 Å². The molecule has 1 aliphatic heterocycles. The van der Waals surface area contributed by atoms with Crippen molar-refractivity contribution in [3.8, 4) is 0 Å². The van der Waals surface area contributed by atoms with Crippen LogP contribution < -0.4 is 0 Å². The Labute approximate surface area is 134 Å². The fourth-order valence-corrected chi connectivity index (χ4v) is 7.06. The molecule has 2 aromatic carbocycles. The zero-order valence-electron chi connectivity index (χ0n) is 11.3. The van der Waals surface area contributed by atoms with Crippen LogP contribution in [-0.2, 0) is 6.42 Å². The Bertz CT molecular complexity index is 727. The van der Waals surface area contributed by atoms with Crippen LogP contribution >= 0.6 is 11.5 Å². The number of benzene rings is 2. The van der Waals surface area contributed by atoms with Crippen LogP contribution in [0.3, 0.4) is 0 Å². The summed E-state index contributed by atoms with van der Waals surface area (Å²) < 4.78 is 4.21. The van der Waals surface area contributed by atoms with Crippen molar-refractivity contribution >= 4 is 26.5 Å². The molecule has 104 valence electrons. The number of rotatable bonds is 2. The van der Waals surface area contributed by atoms with Gasteiger partial charge in [-0.25, -0.2) is 0 Å². The molecule has 4 rings (SSSR count). The van der Waals surface area contributed by atoms with E-state index >= 15 is 0 Å². The van der Waals surface area contributed by atoms with Crippen molar-refractivity contribution in [2.45, 2.75) is 16.1 Å². The van der Waals surface area contributed by atoms with Crippen LogP contribution in [0.25, 0.3) is 0 Å². The van der Waals surface area contributed by atoms with Gasteiger partial charge in [-0.15, -0.1) is 0 Å². The second-order valence-corrected chi connectivity index (χ2v) is 8.65. The van der Waals surface area contributed by atoms with Gasteiger partial charge in [0, 0.05) is 0 Å². The predicted molar refractivity (Wildman–Crippen MR) is 86.8 cm³/mol. The van der Waals surface area contributed by atoms with Gasteiger partial charge in [-0.2, -0.15) is 0 Å². The van der Waals surface area contributed by atoms with Crippen LogP contribution in [0.1, 0.15) is 31.3 Å². The fraction of sp³-hybridized carbons (Fsp3) is 0.176. The minimum atomic E-state index is 0.490. The van der Waals surface area contributed by atoms with Crippen molar-refractivity contribution in [1.82, 2.24) is 9.59 Å². The zero-order chi connectivity index (χ0) is 14.1. The van der Waals surface area contributed by atoms with Gasteiger partial charge in [0.25, 0.3) is 0 Å². The third-order valence-corrected chi connectivity index (χ3v) is 8.19. The van der Waals surface area contributed by atoms with Crippen LogP contribution in [0.15, 0.2) is 60.7 Å². The molecule has 0 saturated carbocycles. The summed E-state index contributed by atoms with van der Waals surface area (Å²) >= 11 is 2.07. The van der Waals surface area contributed by atoms with Crippen molar-refractivity contribution in [2.75, 3.05) is 0 Å². The Morgan fingerprint density at radius 2 is 1.57 bits per heavy atom.